The van der Waals surface area contributed by atoms with Gasteiger partial charge in [0.15, 0.2) is 6.04 Å². The summed E-state index contributed by atoms with van der Waals surface area (Å²) in [6.07, 6.45) is 8.87. The molecule has 0 saturated heterocycles. The van der Waals surface area contributed by atoms with Gasteiger partial charge in [-0.25, -0.2) is 0 Å². The average Bonchev–Trinajstić information content (AvgIpc) is 2.69. The summed E-state index contributed by atoms with van der Waals surface area (Å²) in [5.41, 5.74) is 1.79. The minimum Gasteiger partial charge on any atom is -0.492 e. The van der Waals surface area contributed by atoms with Crippen LogP contribution < -0.4 is 15.4 Å². The highest BCUT2D eigenvalue weighted by atomic mass is 16.5. The molecule has 4 heteroatoms. The van der Waals surface area contributed by atoms with Crippen LogP contribution in [0.3, 0.4) is 0 Å². The Morgan fingerprint density at radius 1 is 1.00 bits per heavy atom. The summed E-state index contributed by atoms with van der Waals surface area (Å²) in [4.78, 5) is 13.3. The van der Waals surface area contributed by atoms with Gasteiger partial charge in [0.2, 0.25) is 0 Å². The molecule has 150 valence electrons. The van der Waals surface area contributed by atoms with Gasteiger partial charge in [0.1, 0.15) is 5.75 Å². The van der Waals surface area contributed by atoms with Gasteiger partial charge in [0.05, 0.1) is 18.3 Å². The normalized spacial score (nSPS) is 16.6. The van der Waals surface area contributed by atoms with E-state index in [2.05, 4.69) is 22.8 Å². The molecule has 0 heterocycles. The molecule has 0 aliphatic heterocycles. The topological polar surface area (TPSA) is 54.9 Å². The van der Waals surface area contributed by atoms with Crippen LogP contribution in [0.15, 0.2) is 54.6 Å². The third-order valence-corrected chi connectivity index (χ3v) is 5.50. The first kappa shape index (κ1) is 20.4. The molecule has 0 radical (unpaired) electrons. The molecule has 1 aliphatic rings. The van der Waals surface area contributed by atoms with Gasteiger partial charge in [0.25, 0.3) is 5.91 Å². The van der Waals surface area contributed by atoms with Crippen LogP contribution in [0.4, 0.5) is 5.69 Å². The number of nitrogens with one attached hydrogen (secondary N) is 1. The fourth-order valence-electron chi connectivity index (χ4n) is 4.02. The van der Waals surface area contributed by atoms with E-state index < -0.39 is 0 Å². The molecular formula is C24H33N2O2+. The maximum absolute atomic E-state index is 13.3. The minimum atomic E-state index is -0.250. The maximum atomic E-state index is 13.3. The van der Waals surface area contributed by atoms with Crippen LogP contribution in [0, 0.1) is 0 Å². The van der Waals surface area contributed by atoms with E-state index in [1.807, 2.05) is 49.4 Å². The molecule has 0 bridgehead atoms. The number of carbonyl (C=O) groups excluding carboxylic acids is 1. The standard InChI is InChI=1S/C24H32N2O2/c1-2-28-22-18-12-11-17-21(22)26-24(27)23(19-13-7-6-8-14-19)25-20-15-9-4-3-5-10-16-20/h6-8,11-14,17-18,20,23,25H,2-5,9-10,15-16H2,1H3,(H,26,27)/p+1/t23-/m0/s1. The smallest absolute Gasteiger partial charge is 0.287 e. The van der Waals surface area contributed by atoms with Crippen LogP contribution >= 0.6 is 0 Å². The fourth-order valence-corrected chi connectivity index (χ4v) is 4.02. The molecule has 3 rings (SSSR count). The van der Waals surface area contributed by atoms with E-state index in [0.717, 1.165) is 17.0 Å². The highest BCUT2D eigenvalue weighted by Crippen LogP contribution is 2.25. The molecule has 1 saturated carbocycles. The predicted molar refractivity (Wildman–Crippen MR) is 113 cm³/mol. The lowest BCUT2D eigenvalue weighted by Gasteiger charge is -2.24. The number of ether oxygens (including phenoxy) is 1. The fraction of sp³-hybridized carbons (Fsp3) is 0.458. The molecule has 1 fully saturated rings. The maximum Gasteiger partial charge on any atom is 0.287 e. The SMILES string of the molecule is CCOc1ccccc1NC(=O)[C@@H]([NH2+]C1CCCCCCC1)c1ccccc1. The molecule has 2 aromatic rings. The van der Waals surface area contributed by atoms with Crippen LogP contribution in [0.25, 0.3) is 0 Å². The number of nitrogens with two attached hydrogens (primary N) is 1. The Labute approximate surface area is 168 Å². The molecule has 0 spiro atoms. The van der Waals surface area contributed by atoms with Crippen molar-refractivity contribution in [2.45, 2.75) is 64.0 Å². The van der Waals surface area contributed by atoms with Gasteiger partial charge in [-0.2, -0.15) is 0 Å². The van der Waals surface area contributed by atoms with Crippen LogP contribution in [-0.4, -0.2) is 18.6 Å². The Balaban J connectivity index is 1.77. The summed E-state index contributed by atoms with van der Waals surface area (Å²) >= 11 is 0. The van der Waals surface area contributed by atoms with E-state index in [4.69, 9.17) is 4.74 Å². The van der Waals surface area contributed by atoms with Crippen LogP contribution in [-0.2, 0) is 4.79 Å². The Hall–Kier alpha value is -2.33. The van der Waals surface area contributed by atoms with E-state index in [1.54, 1.807) is 0 Å². The van der Waals surface area contributed by atoms with Crippen molar-refractivity contribution in [2.24, 2.45) is 0 Å². The first-order valence-electron chi connectivity index (χ1n) is 10.7. The van der Waals surface area contributed by atoms with Gasteiger partial charge in [-0.15, -0.1) is 0 Å². The van der Waals surface area contributed by atoms with Crippen molar-refractivity contribution in [2.75, 3.05) is 11.9 Å². The van der Waals surface area contributed by atoms with Crippen molar-refractivity contribution >= 4 is 11.6 Å². The summed E-state index contributed by atoms with van der Waals surface area (Å²) in [6.45, 7) is 2.52. The molecule has 28 heavy (non-hydrogen) atoms. The number of benzene rings is 2. The molecule has 4 nitrogen and oxygen atoms in total. The monoisotopic (exact) mass is 381 g/mol. The second-order valence-corrected chi connectivity index (χ2v) is 7.60. The van der Waals surface area contributed by atoms with Crippen molar-refractivity contribution in [3.05, 3.63) is 60.2 Å². The number of rotatable bonds is 7. The number of quaternary nitrogens is 1. The summed E-state index contributed by atoms with van der Waals surface area (Å²) in [6, 6.07) is 18.0. The molecule has 0 unspecified atom stereocenters. The largest absolute Gasteiger partial charge is 0.492 e. The van der Waals surface area contributed by atoms with Crippen molar-refractivity contribution < 1.29 is 14.8 Å². The second-order valence-electron chi connectivity index (χ2n) is 7.60. The Morgan fingerprint density at radius 3 is 2.36 bits per heavy atom. The van der Waals surface area contributed by atoms with Crippen LogP contribution in [0.2, 0.25) is 0 Å². The molecular weight excluding hydrogens is 348 g/mol. The van der Waals surface area contributed by atoms with Crippen molar-refractivity contribution in [3.63, 3.8) is 0 Å². The first-order valence-corrected chi connectivity index (χ1v) is 10.7. The molecule has 0 aromatic heterocycles. The van der Waals surface area contributed by atoms with Gasteiger partial charge in [-0.05, 0) is 44.7 Å². The van der Waals surface area contributed by atoms with Gasteiger partial charge in [0, 0.05) is 5.56 Å². The average molecular weight is 382 g/mol. The summed E-state index contributed by atoms with van der Waals surface area (Å²) in [5, 5.41) is 5.41. The van der Waals surface area contributed by atoms with Crippen LogP contribution in [0.1, 0.15) is 63.5 Å². The zero-order valence-corrected chi connectivity index (χ0v) is 16.9. The van der Waals surface area contributed by atoms with Crippen LogP contribution in [0.5, 0.6) is 5.75 Å². The summed E-state index contributed by atoms with van der Waals surface area (Å²) in [7, 11) is 0. The van der Waals surface area contributed by atoms with E-state index in [9.17, 15) is 4.79 Å². The molecule has 1 amide bonds. The lowest BCUT2D eigenvalue weighted by molar-refractivity contribution is -0.716. The number of amides is 1. The third kappa shape index (κ3) is 5.83. The van der Waals surface area contributed by atoms with E-state index in [0.29, 0.717) is 12.6 Å². The quantitative estimate of drug-likeness (QED) is 0.745. The number of anilines is 1. The van der Waals surface area contributed by atoms with E-state index in [1.165, 1.54) is 44.9 Å². The molecule has 3 N–H and O–H groups in total. The highest BCUT2D eigenvalue weighted by molar-refractivity contribution is 5.95. The first-order chi connectivity index (χ1) is 13.8. The van der Waals surface area contributed by atoms with E-state index >= 15 is 0 Å². The van der Waals surface area contributed by atoms with Crippen molar-refractivity contribution in [1.29, 1.82) is 0 Å². The zero-order valence-electron chi connectivity index (χ0n) is 16.9. The Bertz CT molecular complexity index is 724. The third-order valence-electron chi connectivity index (χ3n) is 5.50. The summed E-state index contributed by atoms with van der Waals surface area (Å²) in [5.74, 6) is 0.733. The number of hydrogen-bond acceptors (Lipinski definition) is 2. The second kappa shape index (κ2) is 10.9. The molecule has 1 atom stereocenters. The summed E-state index contributed by atoms with van der Waals surface area (Å²) < 4.78 is 5.68. The highest BCUT2D eigenvalue weighted by Gasteiger charge is 2.28. The zero-order chi connectivity index (χ0) is 19.6. The van der Waals surface area contributed by atoms with Gasteiger partial charge in [-0.1, -0.05) is 61.7 Å². The van der Waals surface area contributed by atoms with Gasteiger partial charge < -0.3 is 15.4 Å². The van der Waals surface area contributed by atoms with Crippen molar-refractivity contribution in [1.82, 2.24) is 0 Å². The molecule has 2 aromatic carbocycles. The number of para-hydroxylation sites is 2. The minimum absolute atomic E-state index is 0.0143. The predicted octanol–water partition coefficient (Wildman–Crippen LogP) is 4.44. The van der Waals surface area contributed by atoms with E-state index in [-0.39, 0.29) is 11.9 Å². The lowest BCUT2D eigenvalue weighted by atomic mass is 9.95. The Morgan fingerprint density at radius 2 is 1.64 bits per heavy atom. The van der Waals surface area contributed by atoms with Gasteiger partial charge >= 0.3 is 0 Å². The lowest BCUT2D eigenvalue weighted by Crippen LogP contribution is -2.92. The number of hydrogen-bond donors (Lipinski definition) is 2. The van der Waals surface area contributed by atoms with Crippen molar-refractivity contribution in [3.8, 4) is 5.75 Å². The van der Waals surface area contributed by atoms with Gasteiger partial charge in [-0.3, -0.25) is 4.79 Å². The number of carbonyl (C=O) groups is 1. The Kier molecular flexibility index (Phi) is 7.92. The molecule has 1 aliphatic carbocycles.